The molecule has 0 atom stereocenters. The van der Waals surface area contributed by atoms with Crippen LogP contribution in [0.4, 0.5) is 11.4 Å². The van der Waals surface area contributed by atoms with Crippen molar-refractivity contribution in [1.82, 2.24) is 0 Å². The Bertz CT molecular complexity index is 1180. The lowest BCUT2D eigenvalue weighted by atomic mass is 10.1. The molecule has 0 saturated heterocycles. The highest BCUT2D eigenvalue weighted by Crippen LogP contribution is 2.31. The van der Waals surface area contributed by atoms with E-state index in [0.717, 1.165) is 22.9 Å². The molecule has 0 aromatic heterocycles. The van der Waals surface area contributed by atoms with Gasteiger partial charge < -0.3 is 4.90 Å². The second kappa shape index (κ2) is 7.66. The van der Waals surface area contributed by atoms with Crippen molar-refractivity contribution in [3.05, 3.63) is 104 Å². The highest BCUT2D eigenvalue weighted by atomic mass is 35.5. The van der Waals surface area contributed by atoms with Crippen LogP contribution in [0.15, 0.2) is 71.7 Å². The number of amides is 1. The Morgan fingerprint density at radius 2 is 1.83 bits per heavy atom. The zero-order chi connectivity index (χ0) is 20.5. The molecular weight excluding hydrogens is 413 g/mol. The number of halogens is 2. The third-order valence-electron chi connectivity index (χ3n) is 4.56. The van der Waals surface area contributed by atoms with Crippen LogP contribution in [0.25, 0.3) is 0 Å². The van der Waals surface area contributed by atoms with E-state index in [4.69, 9.17) is 23.2 Å². The second-order valence-corrected chi connectivity index (χ2v) is 7.23. The van der Waals surface area contributed by atoms with Gasteiger partial charge in [0, 0.05) is 27.9 Å². The van der Waals surface area contributed by atoms with Crippen molar-refractivity contribution in [2.24, 2.45) is 4.99 Å². The summed E-state index contributed by atoms with van der Waals surface area (Å²) >= 11 is 12.0. The van der Waals surface area contributed by atoms with Crippen LogP contribution < -0.4 is 4.90 Å². The first kappa shape index (κ1) is 19.1. The summed E-state index contributed by atoms with van der Waals surface area (Å²) < 4.78 is 0. The van der Waals surface area contributed by atoms with Crippen LogP contribution in [0, 0.1) is 10.1 Å². The molecule has 0 unspecified atom stereocenters. The minimum Gasteiger partial charge on any atom is -0.321 e. The molecule has 29 heavy (non-hydrogen) atoms. The van der Waals surface area contributed by atoms with Crippen molar-refractivity contribution < 1.29 is 9.72 Å². The zero-order valence-electron chi connectivity index (χ0n) is 14.9. The zero-order valence-corrected chi connectivity index (χ0v) is 16.4. The minimum atomic E-state index is -0.630. The predicted molar refractivity (Wildman–Crippen MR) is 113 cm³/mol. The number of carbonyl (C=O) groups excluding carboxylic acids is 1. The number of rotatable bonds is 3. The van der Waals surface area contributed by atoms with Crippen LogP contribution in [0.1, 0.15) is 21.5 Å². The summed E-state index contributed by atoms with van der Waals surface area (Å²) in [6, 6.07) is 18.8. The minimum absolute atomic E-state index is 0.0361. The van der Waals surface area contributed by atoms with Crippen LogP contribution in [0.5, 0.6) is 0 Å². The number of nitro groups is 1. The molecular formula is C21H13Cl2N3O3. The summed E-state index contributed by atoms with van der Waals surface area (Å²) in [7, 11) is 0. The average molecular weight is 426 g/mol. The van der Waals surface area contributed by atoms with Gasteiger partial charge in [0.2, 0.25) is 0 Å². The lowest BCUT2D eigenvalue weighted by Crippen LogP contribution is -2.25. The van der Waals surface area contributed by atoms with Crippen molar-refractivity contribution >= 4 is 46.3 Å². The Kier molecular flexibility index (Phi) is 5.05. The number of carbonyl (C=O) groups is 1. The number of nitrogens with zero attached hydrogens (tertiary/aromatic N) is 3. The van der Waals surface area contributed by atoms with Crippen LogP contribution in [0.3, 0.4) is 0 Å². The predicted octanol–water partition coefficient (Wildman–Crippen LogP) is 5.51. The highest BCUT2D eigenvalue weighted by molar-refractivity contribution is 6.33. The Morgan fingerprint density at radius 1 is 1.03 bits per heavy atom. The van der Waals surface area contributed by atoms with Gasteiger partial charge in [-0.05, 0) is 35.9 Å². The molecule has 1 aliphatic rings. The highest BCUT2D eigenvalue weighted by Gasteiger charge is 2.28. The maximum atomic E-state index is 12.8. The molecule has 1 amide bonds. The number of hydrogen-bond donors (Lipinski definition) is 0. The summed E-state index contributed by atoms with van der Waals surface area (Å²) in [5.41, 5.74) is 2.38. The number of benzene rings is 3. The molecule has 0 aliphatic carbocycles. The van der Waals surface area contributed by atoms with Gasteiger partial charge >= 0.3 is 0 Å². The summed E-state index contributed by atoms with van der Waals surface area (Å²) in [4.78, 5) is 29.5. The summed E-state index contributed by atoms with van der Waals surface area (Å²) in [6.45, 7) is 0.531. The molecule has 3 aromatic rings. The fourth-order valence-electron chi connectivity index (χ4n) is 3.19. The third-order valence-corrected chi connectivity index (χ3v) is 5.11. The Labute approximate surface area is 176 Å². The van der Waals surface area contributed by atoms with E-state index in [1.807, 2.05) is 41.3 Å². The maximum Gasteiger partial charge on any atom is 0.288 e. The van der Waals surface area contributed by atoms with Crippen molar-refractivity contribution in [3.63, 3.8) is 0 Å². The molecule has 0 saturated carbocycles. The maximum absolute atomic E-state index is 12.8. The Hall–Kier alpha value is -3.22. The van der Waals surface area contributed by atoms with E-state index in [1.54, 1.807) is 12.1 Å². The molecule has 6 nitrogen and oxygen atoms in total. The lowest BCUT2D eigenvalue weighted by Gasteiger charge is -2.19. The lowest BCUT2D eigenvalue weighted by molar-refractivity contribution is -0.384. The SMILES string of the molecule is O=C(N=C1c2ccccc2CN1c1cccc(Cl)c1)c1ccc(Cl)c([N+](=O)[O-])c1. The van der Waals surface area contributed by atoms with Crippen molar-refractivity contribution in [2.75, 3.05) is 4.90 Å². The van der Waals surface area contributed by atoms with Gasteiger partial charge in [-0.2, -0.15) is 4.99 Å². The number of amidine groups is 1. The quantitative estimate of drug-likeness (QED) is 0.409. The second-order valence-electron chi connectivity index (χ2n) is 6.39. The molecule has 3 aromatic carbocycles. The van der Waals surface area contributed by atoms with Crippen LogP contribution in [0.2, 0.25) is 10.0 Å². The fraction of sp³-hybridized carbons (Fsp3) is 0.0476. The third kappa shape index (κ3) is 3.72. The average Bonchev–Trinajstić information content (AvgIpc) is 3.06. The van der Waals surface area contributed by atoms with Gasteiger partial charge in [-0.25, -0.2) is 0 Å². The monoisotopic (exact) mass is 425 g/mol. The van der Waals surface area contributed by atoms with Gasteiger partial charge in [0.25, 0.3) is 11.6 Å². The fourth-order valence-corrected chi connectivity index (χ4v) is 3.56. The number of fused-ring (bicyclic) bond motifs is 1. The van der Waals surface area contributed by atoms with Crippen molar-refractivity contribution in [1.29, 1.82) is 0 Å². The van der Waals surface area contributed by atoms with Crippen molar-refractivity contribution in [2.45, 2.75) is 6.54 Å². The van der Waals surface area contributed by atoms with Gasteiger partial charge in [-0.1, -0.05) is 53.5 Å². The van der Waals surface area contributed by atoms with Crippen molar-refractivity contribution in [3.8, 4) is 0 Å². The topological polar surface area (TPSA) is 75.8 Å². The van der Waals surface area contributed by atoms with E-state index < -0.39 is 10.8 Å². The Balaban J connectivity index is 1.79. The van der Waals surface area contributed by atoms with Gasteiger partial charge in [-0.15, -0.1) is 0 Å². The van der Waals surface area contributed by atoms with E-state index in [-0.39, 0.29) is 16.3 Å². The number of hydrogen-bond acceptors (Lipinski definition) is 3. The summed E-state index contributed by atoms with van der Waals surface area (Å²) in [5.74, 6) is -0.131. The molecule has 0 N–H and O–H groups in total. The van der Waals surface area contributed by atoms with E-state index in [1.165, 1.54) is 12.1 Å². The van der Waals surface area contributed by atoms with E-state index in [0.29, 0.717) is 17.4 Å². The van der Waals surface area contributed by atoms with Gasteiger partial charge in [-0.3, -0.25) is 14.9 Å². The summed E-state index contributed by atoms with van der Waals surface area (Å²) in [6.07, 6.45) is 0. The number of nitro benzene ring substituents is 1. The molecule has 0 radical (unpaired) electrons. The van der Waals surface area contributed by atoms with E-state index in [2.05, 4.69) is 4.99 Å². The number of anilines is 1. The van der Waals surface area contributed by atoms with E-state index >= 15 is 0 Å². The smallest absolute Gasteiger partial charge is 0.288 e. The largest absolute Gasteiger partial charge is 0.321 e. The molecule has 8 heteroatoms. The first-order chi connectivity index (χ1) is 13.9. The first-order valence-corrected chi connectivity index (χ1v) is 9.38. The van der Waals surface area contributed by atoms with Crippen LogP contribution in [-0.2, 0) is 6.54 Å². The molecule has 144 valence electrons. The standard InChI is InChI=1S/C21H13Cl2N3O3/c22-15-5-3-6-16(11-15)25-12-14-4-1-2-7-17(14)20(25)24-21(27)13-8-9-18(23)19(10-13)26(28)29/h1-11H,12H2. The first-order valence-electron chi connectivity index (χ1n) is 8.62. The van der Waals surface area contributed by atoms with E-state index in [9.17, 15) is 14.9 Å². The normalized spacial score (nSPS) is 14.1. The molecule has 0 spiro atoms. The molecule has 0 bridgehead atoms. The number of aliphatic imine (C=N–C) groups is 1. The van der Waals surface area contributed by atoms with Crippen LogP contribution in [-0.4, -0.2) is 16.7 Å². The van der Waals surface area contributed by atoms with Gasteiger partial charge in [0.15, 0.2) is 0 Å². The van der Waals surface area contributed by atoms with Crippen LogP contribution >= 0.6 is 23.2 Å². The Morgan fingerprint density at radius 3 is 2.59 bits per heavy atom. The molecule has 1 aliphatic heterocycles. The molecule has 1 heterocycles. The summed E-state index contributed by atoms with van der Waals surface area (Å²) in [5, 5.41) is 11.7. The molecule has 4 rings (SSSR count). The van der Waals surface area contributed by atoms with Gasteiger partial charge in [0.05, 0.1) is 11.5 Å². The molecule has 0 fully saturated rings. The van der Waals surface area contributed by atoms with Gasteiger partial charge in [0.1, 0.15) is 10.9 Å².